The van der Waals surface area contributed by atoms with Gasteiger partial charge in [0.2, 0.25) is 0 Å². The highest BCUT2D eigenvalue weighted by atomic mass is 32.1. The van der Waals surface area contributed by atoms with Crippen molar-refractivity contribution in [3.05, 3.63) is 50.8 Å². The molecule has 2 N–H and O–H groups in total. The van der Waals surface area contributed by atoms with Gasteiger partial charge in [-0.3, -0.25) is 9.69 Å². The summed E-state index contributed by atoms with van der Waals surface area (Å²) < 4.78 is 10.9. The van der Waals surface area contributed by atoms with Crippen molar-refractivity contribution in [3.8, 4) is 0 Å². The fourth-order valence-corrected chi connectivity index (χ4v) is 6.56. The Kier molecular flexibility index (Phi) is 7.25. The molecule has 5 rings (SSSR count). The molecule has 2 aliphatic carbocycles. The predicted octanol–water partition coefficient (Wildman–Crippen LogP) is 4.17. The van der Waals surface area contributed by atoms with E-state index in [1.54, 1.807) is 17.6 Å². The molecule has 3 heterocycles. The molecule has 0 aromatic carbocycles. The summed E-state index contributed by atoms with van der Waals surface area (Å²) in [4.78, 5) is 25.4. The zero-order valence-corrected chi connectivity index (χ0v) is 19.9. The van der Waals surface area contributed by atoms with Crippen LogP contribution in [0.15, 0.2) is 27.6 Å². The van der Waals surface area contributed by atoms with Crippen LogP contribution < -0.4 is 5.56 Å². The molecule has 3 aromatic heterocycles. The molecule has 7 nitrogen and oxygen atoms in total. The first-order valence-electron chi connectivity index (χ1n) is 12.2. The number of furan rings is 1. The van der Waals surface area contributed by atoms with Gasteiger partial charge >= 0.3 is 0 Å². The zero-order chi connectivity index (χ0) is 22.6. The zero-order valence-electron chi connectivity index (χ0n) is 19.1. The first-order chi connectivity index (χ1) is 16.2. The Bertz CT molecular complexity index is 1100. The summed E-state index contributed by atoms with van der Waals surface area (Å²) in [6.45, 7) is 1.62. The lowest BCUT2D eigenvalue weighted by molar-refractivity contribution is -0.00766. The number of hydrogen-bond donors (Lipinski definition) is 2. The summed E-state index contributed by atoms with van der Waals surface area (Å²) in [7, 11) is 0. The number of rotatable bonds is 9. The fraction of sp³-hybridized carbons (Fsp3) is 0.600. The lowest BCUT2D eigenvalue weighted by Crippen LogP contribution is -2.43. The van der Waals surface area contributed by atoms with Crippen LogP contribution in [0.5, 0.6) is 0 Å². The maximum Gasteiger partial charge on any atom is 0.259 e. The van der Waals surface area contributed by atoms with E-state index in [-0.39, 0.29) is 12.2 Å². The second kappa shape index (κ2) is 10.5. The number of aromatic nitrogens is 2. The van der Waals surface area contributed by atoms with Gasteiger partial charge in [-0.05, 0) is 56.2 Å². The van der Waals surface area contributed by atoms with Gasteiger partial charge in [-0.1, -0.05) is 19.3 Å². The summed E-state index contributed by atoms with van der Waals surface area (Å²) in [5.74, 6) is 1.44. The molecule has 0 bridgehead atoms. The molecule has 178 valence electrons. The van der Waals surface area contributed by atoms with Gasteiger partial charge < -0.3 is 19.2 Å². The van der Waals surface area contributed by atoms with Crippen molar-refractivity contribution in [2.24, 2.45) is 0 Å². The standard InChI is InChI=1S/C25H33N3O4S/c29-18(15-31-16-19-9-6-12-32-19)13-28(17-7-2-1-3-8-17)14-22-26-24(30)23-20-10-4-5-11-21(20)33-25(23)27-22/h6,9,12,17-18,29H,1-5,7-8,10-11,13-16H2,(H,26,27,30). The second-order valence-electron chi connectivity index (χ2n) is 9.37. The average Bonchev–Trinajstić information content (AvgIpc) is 3.47. The summed E-state index contributed by atoms with van der Waals surface area (Å²) in [5, 5.41) is 11.5. The molecule has 2 aliphatic rings. The van der Waals surface area contributed by atoms with Gasteiger partial charge in [-0.15, -0.1) is 11.3 Å². The quantitative estimate of drug-likeness (QED) is 0.487. The van der Waals surface area contributed by atoms with Gasteiger partial charge in [0.05, 0.1) is 30.9 Å². The van der Waals surface area contributed by atoms with E-state index in [1.165, 1.54) is 36.1 Å². The van der Waals surface area contributed by atoms with E-state index in [1.807, 2.05) is 12.1 Å². The van der Waals surface area contributed by atoms with Crippen LogP contribution >= 0.6 is 11.3 Å². The molecular weight excluding hydrogens is 438 g/mol. The highest BCUT2D eigenvalue weighted by Gasteiger charge is 2.25. The van der Waals surface area contributed by atoms with Crippen molar-refractivity contribution in [3.63, 3.8) is 0 Å². The number of H-pyrrole nitrogens is 1. The van der Waals surface area contributed by atoms with E-state index in [2.05, 4.69) is 9.88 Å². The molecule has 0 amide bonds. The summed E-state index contributed by atoms with van der Waals surface area (Å²) in [6, 6.07) is 4.08. The van der Waals surface area contributed by atoms with Gasteiger partial charge in [0.1, 0.15) is 23.0 Å². The summed E-state index contributed by atoms with van der Waals surface area (Å²) >= 11 is 1.69. The molecule has 33 heavy (non-hydrogen) atoms. The molecule has 0 radical (unpaired) electrons. The maximum atomic E-state index is 13.0. The van der Waals surface area contributed by atoms with Gasteiger partial charge in [0.15, 0.2) is 0 Å². The van der Waals surface area contributed by atoms with Crippen LogP contribution in [0.25, 0.3) is 10.2 Å². The first-order valence-corrected chi connectivity index (χ1v) is 13.0. The Morgan fingerprint density at radius 3 is 2.91 bits per heavy atom. The predicted molar refractivity (Wildman–Crippen MR) is 129 cm³/mol. The number of nitrogens with zero attached hydrogens (tertiary/aromatic N) is 2. The molecule has 0 spiro atoms. The number of ether oxygens (including phenoxy) is 1. The highest BCUT2D eigenvalue weighted by molar-refractivity contribution is 7.18. The third-order valence-corrected chi connectivity index (χ3v) is 8.08. The lowest BCUT2D eigenvalue weighted by atomic mass is 9.94. The normalized spacial score (nSPS) is 18.1. The summed E-state index contributed by atoms with van der Waals surface area (Å²) in [6.07, 6.45) is 11.3. The van der Waals surface area contributed by atoms with Crippen molar-refractivity contribution in [2.75, 3.05) is 13.2 Å². The maximum absolute atomic E-state index is 13.0. The van der Waals surface area contributed by atoms with Crippen LogP contribution in [0.4, 0.5) is 0 Å². The largest absolute Gasteiger partial charge is 0.467 e. The Balaban J connectivity index is 1.30. The molecule has 0 aliphatic heterocycles. The minimum atomic E-state index is -0.619. The fourth-order valence-electron chi connectivity index (χ4n) is 5.28. The number of fused-ring (bicyclic) bond motifs is 3. The third-order valence-electron chi connectivity index (χ3n) is 6.90. The monoisotopic (exact) mass is 471 g/mol. The van der Waals surface area contributed by atoms with E-state index in [4.69, 9.17) is 14.1 Å². The van der Waals surface area contributed by atoms with Crippen LogP contribution in [-0.4, -0.2) is 45.3 Å². The lowest BCUT2D eigenvalue weighted by Gasteiger charge is -2.35. The van der Waals surface area contributed by atoms with E-state index < -0.39 is 6.10 Å². The smallest absolute Gasteiger partial charge is 0.259 e. The van der Waals surface area contributed by atoms with Gasteiger partial charge in [0, 0.05) is 17.5 Å². The van der Waals surface area contributed by atoms with Crippen LogP contribution in [0.3, 0.4) is 0 Å². The van der Waals surface area contributed by atoms with Crippen molar-refractivity contribution in [1.29, 1.82) is 0 Å². The number of nitrogens with one attached hydrogen (secondary N) is 1. The van der Waals surface area contributed by atoms with Crippen LogP contribution in [0.2, 0.25) is 0 Å². The van der Waals surface area contributed by atoms with Crippen LogP contribution in [0.1, 0.15) is 67.0 Å². The van der Waals surface area contributed by atoms with Crippen LogP contribution in [-0.2, 0) is 30.7 Å². The number of thiophene rings is 1. The molecule has 1 atom stereocenters. The highest BCUT2D eigenvalue weighted by Crippen LogP contribution is 2.33. The van der Waals surface area contributed by atoms with Crippen molar-refractivity contribution in [1.82, 2.24) is 14.9 Å². The number of aliphatic hydroxyl groups is 1. The molecule has 8 heteroatoms. The van der Waals surface area contributed by atoms with Crippen LogP contribution in [0, 0.1) is 0 Å². The summed E-state index contributed by atoms with van der Waals surface area (Å²) in [5.41, 5.74) is 1.20. The van der Waals surface area contributed by atoms with E-state index in [0.29, 0.717) is 31.6 Å². The molecule has 3 aromatic rings. The number of aryl methyl sites for hydroxylation is 2. The minimum absolute atomic E-state index is 0.0136. The van der Waals surface area contributed by atoms with Gasteiger partial charge in [0.25, 0.3) is 5.56 Å². The Morgan fingerprint density at radius 1 is 1.24 bits per heavy atom. The molecular formula is C25H33N3O4S. The molecule has 1 saturated carbocycles. The van der Waals surface area contributed by atoms with E-state index >= 15 is 0 Å². The minimum Gasteiger partial charge on any atom is -0.467 e. The van der Waals surface area contributed by atoms with Gasteiger partial charge in [-0.25, -0.2) is 4.98 Å². The van der Waals surface area contributed by atoms with Gasteiger partial charge in [-0.2, -0.15) is 0 Å². The first kappa shape index (κ1) is 22.8. The topological polar surface area (TPSA) is 91.6 Å². The number of aromatic amines is 1. The van der Waals surface area contributed by atoms with E-state index in [0.717, 1.165) is 48.1 Å². The van der Waals surface area contributed by atoms with Crippen molar-refractivity contribution in [2.45, 2.75) is 83.1 Å². The van der Waals surface area contributed by atoms with Crippen molar-refractivity contribution >= 4 is 21.6 Å². The Labute approximate surface area is 197 Å². The Morgan fingerprint density at radius 2 is 2.09 bits per heavy atom. The molecule has 1 fully saturated rings. The number of hydrogen-bond acceptors (Lipinski definition) is 7. The third kappa shape index (κ3) is 5.40. The SMILES string of the molecule is O=c1[nH]c(CN(CC(O)COCc2ccco2)C2CCCCC2)nc2sc3c(c12)CCCC3. The average molecular weight is 472 g/mol. The van der Waals surface area contributed by atoms with E-state index in [9.17, 15) is 9.90 Å². The number of aliphatic hydroxyl groups excluding tert-OH is 1. The molecule has 0 saturated heterocycles. The second-order valence-corrected chi connectivity index (χ2v) is 10.5. The Hall–Kier alpha value is -2.00. The van der Waals surface area contributed by atoms with Crippen molar-refractivity contribution < 1.29 is 14.3 Å². The molecule has 1 unspecified atom stereocenters.